The summed E-state index contributed by atoms with van der Waals surface area (Å²) in [6, 6.07) is 1.91. The van der Waals surface area contributed by atoms with Crippen LogP contribution in [0.25, 0.3) is 5.78 Å². The van der Waals surface area contributed by atoms with Gasteiger partial charge in [0.1, 0.15) is 0 Å². The molecule has 0 aromatic carbocycles. The highest BCUT2D eigenvalue weighted by molar-refractivity contribution is 5.90. The fourth-order valence-corrected chi connectivity index (χ4v) is 2.60. The van der Waals surface area contributed by atoms with Crippen molar-refractivity contribution >= 4 is 36.5 Å². The van der Waals surface area contributed by atoms with Crippen molar-refractivity contribution in [1.82, 2.24) is 35.1 Å². The number of aryl methyl sites for hydroxylation is 2. The minimum absolute atomic E-state index is 0. The first kappa shape index (κ1) is 20.6. The zero-order valence-electron chi connectivity index (χ0n) is 13.8. The maximum absolute atomic E-state index is 12.1. The lowest BCUT2D eigenvalue weighted by molar-refractivity contribution is 0.0937. The van der Waals surface area contributed by atoms with E-state index in [0.29, 0.717) is 12.3 Å². The molecular weight excluding hydrogens is 353 g/mol. The summed E-state index contributed by atoms with van der Waals surface area (Å²) in [6.45, 7) is 9.31. The van der Waals surface area contributed by atoms with Gasteiger partial charge in [-0.05, 0) is 19.9 Å². The fraction of sp³-hybridized carbons (Fsp3) is 0.571. The topological polar surface area (TPSA) is 87.5 Å². The number of carbonyl (C=O) groups excluding carboxylic acids is 1. The molecule has 10 heteroatoms. The van der Waals surface area contributed by atoms with Crippen molar-refractivity contribution in [2.45, 2.75) is 13.8 Å². The Morgan fingerprint density at radius 2 is 1.96 bits per heavy atom. The number of nitrogens with zero attached hydrogens (tertiary/aromatic N) is 5. The smallest absolute Gasteiger partial charge is 0.291 e. The van der Waals surface area contributed by atoms with Gasteiger partial charge in [0, 0.05) is 50.7 Å². The van der Waals surface area contributed by atoms with Crippen LogP contribution >= 0.6 is 24.8 Å². The molecule has 0 spiro atoms. The monoisotopic (exact) mass is 375 g/mol. The van der Waals surface area contributed by atoms with E-state index in [1.54, 1.807) is 4.52 Å². The summed E-state index contributed by atoms with van der Waals surface area (Å²) in [7, 11) is 0. The molecule has 134 valence electrons. The van der Waals surface area contributed by atoms with Gasteiger partial charge in [-0.15, -0.1) is 29.9 Å². The highest BCUT2D eigenvalue weighted by Gasteiger charge is 2.15. The molecule has 8 nitrogen and oxygen atoms in total. The van der Waals surface area contributed by atoms with Gasteiger partial charge in [-0.25, -0.2) is 9.50 Å². The largest absolute Gasteiger partial charge is 0.348 e. The molecule has 3 heterocycles. The van der Waals surface area contributed by atoms with Crippen molar-refractivity contribution in [2.24, 2.45) is 0 Å². The summed E-state index contributed by atoms with van der Waals surface area (Å²) < 4.78 is 1.60. The summed E-state index contributed by atoms with van der Waals surface area (Å²) in [5.74, 6) is 0.379. The number of hydrogen-bond donors (Lipinski definition) is 2. The molecular formula is C14H23Cl2N7O. The average molecular weight is 376 g/mol. The Labute approximate surface area is 153 Å². The lowest BCUT2D eigenvalue weighted by Gasteiger charge is -2.26. The molecule has 1 amide bonds. The van der Waals surface area contributed by atoms with Gasteiger partial charge in [-0.2, -0.15) is 4.98 Å². The lowest BCUT2D eigenvalue weighted by atomic mass is 10.3. The molecule has 0 radical (unpaired) electrons. The van der Waals surface area contributed by atoms with Gasteiger partial charge in [0.05, 0.1) is 0 Å². The van der Waals surface area contributed by atoms with Crippen LogP contribution in [0, 0.1) is 13.8 Å². The SMILES string of the molecule is Cc1cc(C)n2nc(C(=O)NCCN3CCNCC3)nc2n1.Cl.Cl. The van der Waals surface area contributed by atoms with E-state index >= 15 is 0 Å². The second-order valence-electron chi connectivity index (χ2n) is 5.53. The molecule has 0 bridgehead atoms. The normalized spacial score (nSPS) is 14.8. The van der Waals surface area contributed by atoms with Gasteiger partial charge >= 0.3 is 0 Å². The first-order valence-corrected chi connectivity index (χ1v) is 7.56. The molecule has 1 aliphatic rings. The van der Waals surface area contributed by atoms with E-state index in [0.717, 1.165) is 44.1 Å². The Hall–Kier alpha value is -1.48. The van der Waals surface area contributed by atoms with Crippen molar-refractivity contribution in [3.8, 4) is 0 Å². The highest BCUT2D eigenvalue weighted by atomic mass is 35.5. The summed E-state index contributed by atoms with van der Waals surface area (Å²) in [4.78, 5) is 23.0. The van der Waals surface area contributed by atoms with E-state index in [4.69, 9.17) is 0 Å². The van der Waals surface area contributed by atoms with E-state index in [1.807, 2.05) is 19.9 Å². The zero-order valence-corrected chi connectivity index (χ0v) is 15.4. The Kier molecular flexibility index (Phi) is 7.82. The van der Waals surface area contributed by atoms with E-state index < -0.39 is 0 Å². The van der Waals surface area contributed by atoms with Crippen molar-refractivity contribution in [3.05, 3.63) is 23.3 Å². The predicted octanol–water partition coefficient (Wildman–Crippen LogP) is 0.220. The third-order valence-electron chi connectivity index (χ3n) is 3.74. The van der Waals surface area contributed by atoms with Crippen molar-refractivity contribution in [1.29, 1.82) is 0 Å². The van der Waals surface area contributed by atoms with E-state index in [-0.39, 0.29) is 36.5 Å². The second kappa shape index (κ2) is 9.12. The van der Waals surface area contributed by atoms with Gasteiger partial charge in [0.15, 0.2) is 0 Å². The number of halogens is 2. The van der Waals surface area contributed by atoms with Crippen LogP contribution in [0.4, 0.5) is 0 Å². The third-order valence-corrected chi connectivity index (χ3v) is 3.74. The van der Waals surface area contributed by atoms with Gasteiger partial charge in [0.2, 0.25) is 5.82 Å². The van der Waals surface area contributed by atoms with Crippen molar-refractivity contribution in [3.63, 3.8) is 0 Å². The quantitative estimate of drug-likeness (QED) is 0.794. The highest BCUT2D eigenvalue weighted by Crippen LogP contribution is 2.05. The fourth-order valence-electron chi connectivity index (χ4n) is 2.60. The Morgan fingerprint density at radius 1 is 1.25 bits per heavy atom. The van der Waals surface area contributed by atoms with Crippen LogP contribution in [0.5, 0.6) is 0 Å². The maximum Gasteiger partial charge on any atom is 0.291 e. The second-order valence-corrected chi connectivity index (χ2v) is 5.53. The first-order valence-electron chi connectivity index (χ1n) is 7.56. The summed E-state index contributed by atoms with van der Waals surface area (Å²) in [5.41, 5.74) is 1.78. The first-order chi connectivity index (χ1) is 10.6. The molecule has 2 N–H and O–H groups in total. The van der Waals surface area contributed by atoms with Crippen LogP contribution in [0.3, 0.4) is 0 Å². The van der Waals surface area contributed by atoms with Crippen molar-refractivity contribution in [2.75, 3.05) is 39.3 Å². The minimum atomic E-state index is -0.252. The average Bonchev–Trinajstić information content (AvgIpc) is 2.92. The van der Waals surface area contributed by atoms with Gasteiger partial charge < -0.3 is 10.6 Å². The predicted molar refractivity (Wildman–Crippen MR) is 96.4 cm³/mol. The number of piperazine rings is 1. The summed E-state index contributed by atoms with van der Waals surface area (Å²) in [6.07, 6.45) is 0. The molecule has 1 fully saturated rings. The number of fused-ring (bicyclic) bond motifs is 1. The lowest BCUT2D eigenvalue weighted by Crippen LogP contribution is -2.46. The molecule has 1 aliphatic heterocycles. The summed E-state index contributed by atoms with van der Waals surface area (Å²) in [5, 5.41) is 10.4. The van der Waals surface area contributed by atoms with Gasteiger partial charge in [-0.3, -0.25) is 9.69 Å². The van der Waals surface area contributed by atoms with Crippen LogP contribution in [-0.4, -0.2) is 69.7 Å². The number of nitrogens with one attached hydrogen (secondary N) is 2. The van der Waals surface area contributed by atoms with Gasteiger partial charge in [0.25, 0.3) is 11.7 Å². The van der Waals surface area contributed by atoms with Crippen LogP contribution in [-0.2, 0) is 0 Å². The summed E-state index contributed by atoms with van der Waals surface area (Å²) >= 11 is 0. The standard InChI is InChI=1S/C14H21N7O.2ClH/c1-10-9-11(2)21-14(17-10)18-12(19-21)13(22)16-5-8-20-6-3-15-4-7-20;;/h9,15H,3-8H2,1-2H3,(H,16,22);2*1H. The van der Waals surface area contributed by atoms with Gasteiger partial charge in [-0.1, -0.05) is 0 Å². The zero-order chi connectivity index (χ0) is 15.5. The molecule has 0 atom stereocenters. The molecule has 3 rings (SSSR count). The Bertz CT molecular complexity index is 685. The number of amides is 1. The van der Waals surface area contributed by atoms with Crippen LogP contribution in [0.1, 0.15) is 22.0 Å². The number of carbonyl (C=O) groups is 1. The van der Waals surface area contributed by atoms with E-state index in [9.17, 15) is 4.79 Å². The number of aromatic nitrogens is 4. The Balaban J connectivity index is 0.00000144. The molecule has 0 unspecified atom stereocenters. The van der Waals surface area contributed by atoms with Crippen LogP contribution in [0.15, 0.2) is 6.07 Å². The third kappa shape index (κ3) is 4.76. The maximum atomic E-state index is 12.1. The molecule has 0 saturated carbocycles. The number of hydrogen-bond acceptors (Lipinski definition) is 6. The molecule has 0 aliphatic carbocycles. The Morgan fingerprint density at radius 3 is 2.67 bits per heavy atom. The van der Waals surface area contributed by atoms with Crippen LogP contribution in [0.2, 0.25) is 0 Å². The molecule has 2 aromatic heterocycles. The van der Waals surface area contributed by atoms with Crippen molar-refractivity contribution < 1.29 is 4.79 Å². The van der Waals surface area contributed by atoms with E-state index in [2.05, 4.69) is 30.6 Å². The molecule has 1 saturated heterocycles. The van der Waals surface area contributed by atoms with E-state index in [1.165, 1.54) is 0 Å². The molecule has 2 aromatic rings. The van der Waals surface area contributed by atoms with Crippen LogP contribution < -0.4 is 10.6 Å². The minimum Gasteiger partial charge on any atom is -0.348 e. The number of rotatable bonds is 4. The molecule has 24 heavy (non-hydrogen) atoms.